The van der Waals surface area contributed by atoms with Crippen LogP contribution >= 0.6 is 0 Å². The van der Waals surface area contributed by atoms with Gasteiger partial charge in [0, 0.05) is 41.7 Å². The van der Waals surface area contributed by atoms with Crippen LogP contribution in [0, 0.1) is 5.82 Å². The standard InChI is InChI=1S/C21H17FN4O/c22-15-3-8-20-18(10-15)19(21(27)26-20)13-25-17-6-4-16(5-7-17)24-12-14-2-1-9-23-11-14/h1-11,13,24,26-27H,12H2. The number of nitrogens with zero attached hydrogens (tertiary/aromatic N) is 2. The van der Waals surface area contributed by atoms with Crippen molar-refractivity contribution in [2.45, 2.75) is 6.54 Å². The van der Waals surface area contributed by atoms with Crippen LogP contribution in [0.25, 0.3) is 10.9 Å². The first-order valence-electron chi connectivity index (χ1n) is 8.46. The van der Waals surface area contributed by atoms with Crippen LogP contribution in [0.1, 0.15) is 11.1 Å². The van der Waals surface area contributed by atoms with Crippen LogP contribution in [0.5, 0.6) is 5.88 Å². The highest BCUT2D eigenvalue weighted by Crippen LogP contribution is 2.27. The summed E-state index contributed by atoms with van der Waals surface area (Å²) in [5.41, 5.74) is 3.91. The van der Waals surface area contributed by atoms with Crippen LogP contribution < -0.4 is 5.32 Å². The summed E-state index contributed by atoms with van der Waals surface area (Å²) in [5.74, 6) is -0.394. The third kappa shape index (κ3) is 3.79. The van der Waals surface area contributed by atoms with Gasteiger partial charge in [-0.3, -0.25) is 9.98 Å². The van der Waals surface area contributed by atoms with E-state index in [2.05, 4.69) is 20.3 Å². The molecule has 0 bridgehead atoms. The van der Waals surface area contributed by atoms with Gasteiger partial charge in [-0.1, -0.05) is 6.07 Å². The zero-order valence-electron chi connectivity index (χ0n) is 14.4. The monoisotopic (exact) mass is 360 g/mol. The van der Waals surface area contributed by atoms with Gasteiger partial charge in [-0.15, -0.1) is 0 Å². The maximum Gasteiger partial charge on any atom is 0.198 e. The van der Waals surface area contributed by atoms with Crippen molar-refractivity contribution >= 4 is 28.5 Å². The number of fused-ring (bicyclic) bond motifs is 1. The van der Waals surface area contributed by atoms with Crippen LogP contribution in [0.4, 0.5) is 15.8 Å². The number of hydrogen-bond acceptors (Lipinski definition) is 4. The predicted molar refractivity (Wildman–Crippen MR) is 105 cm³/mol. The molecule has 134 valence electrons. The third-order valence-corrected chi connectivity index (χ3v) is 4.21. The van der Waals surface area contributed by atoms with Crippen LogP contribution in [-0.4, -0.2) is 21.3 Å². The summed E-state index contributed by atoms with van der Waals surface area (Å²) >= 11 is 0. The maximum atomic E-state index is 13.5. The number of pyridine rings is 1. The van der Waals surface area contributed by atoms with Crippen molar-refractivity contribution in [2.75, 3.05) is 5.32 Å². The highest BCUT2D eigenvalue weighted by atomic mass is 19.1. The number of rotatable bonds is 5. The summed E-state index contributed by atoms with van der Waals surface area (Å²) in [4.78, 5) is 11.3. The second kappa shape index (κ2) is 7.29. The van der Waals surface area contributed by atoms with Gasteiger partial charge >= 0.3 is 0 Å². The second-order valence-corrected chi connectivity index (χ2v) is 6.10. The van der Waals surface area contributed by atoms with Gasteiger partial charge in [0.25, 0.3) is 0 Å². The number of hydrogen-bond donors (Lipinski definition) is 3. The zero-order chi connectivity index (χ0) is 18.6. The topological polar surface area (TPSA) is 73.3 Å². The summed E-state index contributed by atoms with van der Waals surface area (Å²) in [6, 6.07) is 15.8. The number of nitrogens with one attached hydrogen (secondary N) is 2. The molecule has 0 amide bonds. The normalized spacial score (nSPS) is 11.3. The summed E-state index contributed by atoms with van der Waals surface area (Å²) in [5, 5.41) is 13.9. The molecule has 2 aromatic carbocycles. The fraction of sp³-hybridized carbons (Fsp3) is 0.0476. The predicted octanol–water partition coefficient (Wildman–Crippen LogP) is 4.77. The Bertz CT molecular complexity index is 1090. The quantitative estimate of drug-likeness (QED) is 0.449. The van der Waals surface area contributed by atoms with E-state index in [1.165, 1.54) is 18.3 Å². The van der Waals surface area contributed by atoms with E-state index < -0.39 is 0 Å². The first-order valence-corrected chi connectivity index (χ1v) is 8.46. The lowest BCUT2D eigenvalue weighted by molar-refractivity contribution is 0.457. The lowest BCUT2D eigenvalue weighted by Gasteiger charge is -2.06. The Morgan fingerprint density at radius 2 is 2.00 bits per heavy atom. The highest BCUT2D eigenvalue weighted by Gasteiger charge is 2.09. The number of aromatic hydroxyl groups is 1. The summed E-state index contributed by atoms with van der Waals surface area (Å²) in [6.45, 7) is 0.686. The van der Waals surface area contributed by atoms with Gasteiger partial charge in [0.2, 0.25) is 0 Å². The van der Waals surface area contributed by atoms with Crippen molar-refractivity contribution < 1.29 is 9.50 Å². The molecular formula is C21H17FN4O. The van der Waals surface area contributed by atoms with Gasteiger partial charge in [0.05, 0.1) is 11.3 Å². The third-order valence-electron chi connectivity index (χ3n) is 4.21. The Hall–Kier alpha value is -3.67. The van der Waals surface area contributed by atoms with E-state index in [4.69, 9.17) is 0 Å². The molecule has 6 heteroatoms. The Morgan fingerprint density at radius 1 is 1.15 bits per heavy atom. The van der Waals surface area contributed by atoms with Gasteiger partial charge in [-0.2, -0.15) is 0 Å². The molecular weight excluding hydrogens is 343 g/mol. The van der Waals surface area contributed by atoms with Crippen molar-refractivity contribution in [3.05, 3.63) is 83.9 Å². The van der Waals surface area contributed by atoms with Crippen molar-refractivity contribution in [1.29, 1.82) is 0 Å². The fourth-order valence-corrected chi connectivity index (χ4v) is 2.81. The Balaban J connectivity index is 1.48. The lowest BCUT2D eigenvalue weighted by atomic mass is 10.2. The Morgan fingerprint density at radius 3 is 2.78 bits per heavy atom. The minimum atomic E-state index is -0.361. The van der Waals surface area contributed by atoms with Crippen molar-refractivity contribution in [1.82, 2.24) is 9.97 Å². The molecule has 0 atom stereocenters. The molecule has 3 N–H and O–H groups in total. The average molecular weight is 360 g/mol. The zero-order valence-corrected chi connectivity index (χ0v) is 14.4. The van der Waals surface area contributed by atoms with Crippen molar-refractivity contribution in [3.8, 4) is 5.88 Å². The summed E-state index contributed by atoms with van der Waals surface area (Å²) in [6.07, 6.45) is 5.10. The molecule has 2 aromatic heterocycles. The molecule has 0 fully saturated rings. The molecule has 0 aliphatic heterocycles. The lowest BCUT2D eigenvalue weighted by Crippen LogP contribution is -1.98. The second-order valence-electron chi connectivity index (χ2n) is 6.10. The van der Waals surface area contributed by atoms with Crippen LogP contribution in [0.15, 0.2) is 72.0 Å². The first kappa shape index (κ1) is 16.8. The minimum Gasteiger partial charge on any atom is -0.494 e. The van der Waals surface area contributed by atoms with E-state index in [0.29, 0.717) is 23.0 Å². The van der Waals surface area contributed by atoms with Crippen LogP contribution in [0.3, 0.4) is 0 Å². The number of anilines is 1. The largest absolute Gasteiger partial charge is 0.494 e. The molecule has 0 unspecified atom stereocenters. The number of halogens is 1. The smallest absolute Gasteiger partial charge is 0.198 e. The van der Waals surface area contributed by atoms with Gasteiger partial charge in [0.15, 0.2) is 5.88 Å². The maximum absolute atomic E-state index is 13.5. The van der Waals surface area contributed by atoms with E-state index in [-0.39, 0.29) is 11.7 Å². The van der Waals surface area contributed by atoms with Gasteiger partial charge < -0.3 is 15.4 Å². The molecule has 5 nitrogen and oxygen atoms in total. The van der Waals surface area contributed by atoms with Gasteiger partial charge in [-0.25, -0.2) is 4.39 Å². The molecule has 0 spiro atoms. The number of aromatic nitrogens is 2. The van der Waals surface area contributed by atoms with E-state index in [1.54, 1.807) is 12.3 Å². The van der Waals surface area contributed by atoms with Gasteiger partial charge in [0.1, 0.15) is 5.82 Å². The molecule has 0 radical (unpaired) electrons. The van der Waals surface area contributed by atoms with E-state index in [9.17, 15) is 9.50 Å². The number of H-pyrrole nitrogens is 1. The van der Waals surface area contributed by atoms with E-state index in [1.807, 2.05) is 42.6 Å². The Kier molecular flexibility index (Phi) is 4.53. The van der Waals surface area contributed by atoms with Crippen molar-refractivity contribution in [2.24, 2.45) is 4.99 Å². The highest BCUT2D eigenvalue weighted by molar-refractivity contribution is 6.02. The molecule has 0 saturated heterocycles. The number of aliphatic imine (C=N–C) groups is 1. The van der Waals surface area contributed by atoms with Gasteiger partial charge in [-0.05, 0) is 54.1 Å². The first-order chi connectivity index (χ1) is 13.2. The summed E-state index contributed by atoms with van der Waals surface area (Å²) < 4.78 is 13.5. The van der Waals surface area contributed by atoms with Crippen LogP contribution in [0.2, 0.25) is 0 Å². The molecule has 4 rings (SSSR count). The molecule has 27 heavy (non-hydrogen) atoms. The fourth-order valence-electron chi connectivity index (χ4n) is 2.81. The molecule has 0 saturated carbocycles. The Labute approximate surface area is 155 Å². The molecule has 2 heterocycles. The minimum absolute atomic E-state index is 0.0332. The molecule has 4 aromatic rings. The SMILES string of the molecule is Oc1[nH]c2ccc(F)cc2c1C=Nc1ccc(NCc2cccnc2)cc1. The van der Waals surface area contributed by atoms with E-state index >= 15 is 0 Å². The molecule has 0 aliphatic carbocycles. The molecule has 0 aliphatic rings. The van der Waals surface area contributed by atoms with Crippen molar-refractivity contribution in [3.63, 3.8) is 0 Å². The average Bonchev–Trinajstić information content (AvgIpc) is 3.01. The van der Waals surface area contributed by atoms with Crippen LogP contribution in [-0.2, 0) is 6.54 Å². The number of aromatic amines is 1. The van der Waals surface area contributed by atoms with E-state index in [0.717, 1.165) is 16.9 Å². The number of benzene rings is 2. The summed E-state index contributed by atoms with van der Waals surface area (Å²) in [7, 11) is 0.